The molecule has 0 saturated heterocycles. The summed E-state index contributed by atoms with van der Waals surface area (Å²) in [5.74, 6) is 0. The van der Waals surface area contributed by atoms with E-state index in [1.165, 1.54) is 0 Å². The summed E-state index contributed by atoms with van der Waals surface area (Å²) in [5, 5.41) is 4.14. The van der Waals surface area contributed by atoms with Crippen LogP contribution in [-0.2, 0) is 13.6 Å². The Bertz CT molecular complexity index is 385. The molecule has 5 heteroatoms. The molecule has 0 saturated carbocycles. The Morgan fingerprint density at radius 1 is 1.43 bits per heavy atom. The Hall–Kier alpha value is -1.23. The molecule has 0 aliphatic heterocycles. The molecule has 2 aromatic heterocycles. The molecule has 2 heterocycles. The smallest absolute Gasteiger partial charge is 0.0744 e. The van der Waals surface area contributed by atoms with Crippen LogP contribution in [0.5, 0.6) is 0 Å². The molecule has 2 aromatic rings. The molecule has 0 aromatic carbocycles. The SMILES string of the molecule is Cn1ncc(Br)c1CNn1cccc1. The molecule has 0 unspecified atom stereocenters. The maximum Gasteiger partial charge on any atom is 0.0744 e. The second-order valence-corrected chi connectivity index (χ2v) is 3.84. The predicted molar refractivity (Wildman–Crippen MR) is 58.4 cm³/mol. The molecule has 0 radical (unpaired) electrons. The second-order valence-electron chi connectivity index (χ2n) is 2.99. The third-order valence-corrected chi connectivity index (χ3v) is 2.71. The standard InChI is InChI=1S/C9H11BrN4/c1-13-9(8(10)6-11-13)7-12-14-4-2-3-5-14/h2-6,12H,7H2,1H3. The Balaban J connectivity index is 2.05. The Morgan fingerprint density at radius 2 is 2.14 bits per heavy atom. The predicted octanol–water partition coefficient (Wildman–Crippen LogP) is 1.73. The van der Waals surface area contributed by atoms with Crippen LogP contribution in [0.1, 0.15) is 5.69 Å². The third-order valence-electron chi connectivity index (χ3n) is 2.04. The lowest BCUT2D eigenvalue weighted by molar-refractivity contribution is 0.697. The van der Waals surface area contributed by atoms with Gasteiger partial charge in [-0.05, 0) is 28.1 Å². The number of nitrogens with zero attached hydrogens (tertiary/aromatic N) is 3. The van der Waals surface area contributed by atoms with Gasteiger partial charge in [0.25, 0.3) is 0 Å². The van der Waals surface area contributed by atoms with Crippen LogP contribution in [0.3, 0.4) is 0 Å². The van der Waals surface area contributed by atoms with Gasteiger partial charge in [0.05, 0.1) is 22.9 Å². The van der Waals surface area contributed by atoms with Gasteiger partial charge in [0, 0.05) is 19.4 Å². The van der Waals surface area contributed by atoms with E-state index >= 15 is 0 Å². The molecule has 0 atom stereocenters. The van der Waals surface area contributed by atoms with Crippen LogP contribution < -0.4 is 5.43 Å². The van der Waals surface area contributed by atoms with Gasteiger partial charge in [-0.1, -0.05) is 0 Å². The van der Waals surface area contributed by atoms with Gasteiger partial charge in [0.15, 0.2) is 0 Å². The number of rotatable bonds is 3. The highest BCUT2D eigenvalue weighted by Gasteiger charge is 2.04. The van der Waals surface area contributed by atoms with Crippen LogP contribution in [0.25, 0.3) is 0 Å². The van der Waals surface area contributed by atoms with Crippen LogP contribution in [-0.4, -0.2) is 14.5 Å². The van der Waals surface area contributed by atoms with Crippen LogP contribution in [0.4, 0.5) is 0 Å². The van der Waals surface area contributed by atoms with E-state index in [-0.39, 0.29) is 0 Å². The van der Waals surface area contributed by atoms with E-state index in [9.17, 15) is 0 Å². The molecule has 14 heavy (non-hydrogen) atoms. The van der Waals surface area contributed by atoms with Crippen LogP contribution in [0.15, 0.2) is 35.2 Å². The van der Waals surface area contributed by atoms with Crippen molar-refractivity contribution in [3.8, 4) is 0 Å². The molecule has 0 aliphatic rings. The van der Waals surface area contributed by atoms with Crippen molar-refractivity contribution >= 4 is 15.9 Å². The lowest BCUT2D eigenvalue weighted by Gasteiger charge is -2.07. The lowest BCUT2D eigenvalue weighted by atomic mass is 10.4. The van der Waals surface area contributed by atoms with Crippen molar-refractivity contribution in [3.05, 3.63) is 40.9 Å². The normalized spacial score (nSPS) is 10.4. The summed E-state index contributed by atoms with van der Waals surface area (Å²) in [5.41, 5.74) is 4.36. The molecular weight excluding hydrogens is 244 g/mol. The van der Waals surface area contributed by atoms with Gasteiger partial charge >= 0.3 is 0 Å². The Kier molecular flexibility index (Phi) is 2.58. The zero-order chi connectivity index (χ0) is 9.97. The van der Waals surface area contributed by atoms with Gasteiger partial charge in [-0.25, -0.2) is 0 Å². The summed E-state index contributed by atoms with van der Waals surface area (Å²) >= 11 is 3.45. The maximum atomic E-state index is 4.14. The topological polar surface area (TPSA) is 34.8 Å². The quantitative estimate of drug-likeness (QED) is 0.906. The molecule has 74 valence electrons. The monoisotopic (exact) mass is 254 g/mol. The number of nitrogens with one attached hydrogen (secondary N) is 1. The van der Waals surface area contributed by atoms with E-state index in [2.05, 4.69) is 26.5 Å². The summed E-state index contributed by atoms with van der Waals surface area (Å²) in [4.78, 5) is 0. The number of aryl methyl sites for hydroxylation is 1. The van der Waals surface area contributed by atoms with Crippen molar-refractivity contribution in [2.24, 2.45) is 7.05 Å². The number of hydrogen-bond donors (Lipinski definition) is 1. The van der Waals surface area contributed by atoms with Crippen molar-refractivity contribution in [1.29, 1.82) is 0 Å². The first-order valence-electron chi connectivity index (χ1n) is 4.30. The number of hydrogen-bond acceptors (Lipinski definition) is 2. The average molecular weight is 255 g/mol. The zero-order valence-electron chi connectivity index (χ0n) is 7.81. The van der Waals surface area contributed by atoms with Gasteiger partial charge in [-0.2, -0.15) is 5.10 Å². The van der Waals surface area contributed by atoms with Crippen molar-refractivity contribution in [1.82, 2.24) is 14.5 Å². The molecule has 1 N–H and O–H groups in total. The largest absolute Gasteiger partial charge is 0.320 e. The molecule has 0 fully saturated rings. The van der Waals surface area contributed by atoms with Gasteiger partial charge in [-0.3, -0.25) is 9.36 Å². The van der Waals surface area contributed by atoms with Crippen LogP contribution >= 0.6 is 15.9 Å². The Labute approximate surface area is 90.6 Å². The average Bonchev–Trinajstić information content (AvgIpc) is 2.76. The maximum absolute atomic E-state index is 4.14. The second kappa shape index (κ2) is 3.88. The lowest BCUT2D eigenvalue weighted by Crippen LogP contribution is -2.14. The molecule has 4 nitrogen and oxygen atoms in total. The van der Waals surface area contributed by atoms with Gasteiger partial charge in [0.2, 0.25) is 0 Å². The van der Waals surface area contributed by atoms with Crippen LogP contribution in [0, 0.1) is 0 Å². The summed E-state index contributed by atoms with van der Waals surface area (Å²) in [6.45, 7) is 0.742. The minimum atomic E-state index is 0.742. The van der Waals surface area contributed by atoms with E-state index in [0.717, 1.165) is 16.7 Å². The molecule has 0 bridgehead atoms. The fourth-order valence-corrected chi connectivity index (χ4v) is 1.73. The fourth-order valence-electron chi connectivity index (χ4n) is 1.24. The minimum Gasteiger partial charge on any atom is -0.320 e. The first-order valence-corrected chi connectivity index (χ1v) is 5.10. The molecule has 0 amide bonds. The van der Waals surface area contributed by atoms with Gasteiger partial charge in [-0.15, -0.1) is 0 Å². The first kappa shape index (κ1) is 9.33. The van der Waals surface area contributed by atoms with E-state index in [1.54, 1.807) is 6.20 Å². The first-order chi connectivity index (χ1) is 6.77. The summed E-state index contributed by atoms with van der Waals surface area (Å²) in [7, 11) is 1.93. The number of halogens is 1. The molecule has 2 rings (SSSR count). The summed E-state index contributed by atoms with van der Waals surface area (Å²) < 4.78 is 4.79. The van der Waals surface area contributed by atoms with E-state index in [1.807, 2.05) is 40.9 Å². The highest BCUT2D eigenvalue weighted by molar-refractivity contribution is 9.10. The highest BCUT2D eigenvalue weighted by Crippen LogP contribution is 2.14. The van der Waals surface area contributed by atoms with E-state index < -0.39 is 0 Å². The van der Waals surface area contributed by atoms with Crippen molar-refractivity contribution in [2.45, 2.75) is 6.54 Å². The summed E-state index contributed by atoms with van der Waals surface area (Å²) in [6, 6.07) is 3.95. The molecular formula is C9H11BrN4. The van der Waals surface area contributed by atoms with Gasteiger partial charge < -0.3 is 5.43 Å². The number of aromatic nitrogens is 3. The molecule has 0 aliphatic carbocycles. The minimum absolute atomic E-state index is 0.742. The fraction of sp³-hybridized carbons (Fsp3) is 0.222. The van der Waals surface area contributed by atoms with Crippen molar-refractivity contribution in [3.63, 3.8) is 0 Å². The highest BCUT2D eigenvalue weighted by atomic mass is 79.9. The third kappa shape index (κ3) is 1.82. The molecule has 0 spiro atoms. The zero-order valence-corrected chi connectivity index (χ0v) is 9.40. The van der Waals surface area contributed by atoms with Crippen LogP contribution in [0.2, 0.25) is 0 Å². The Morgan fingerprint density at radius 3 is 2.71 bits per heavy atom. The van der Waals surface area contributed by atoms with Crippen molar-refractivity contribution in [2.75, 3.05) is 5.43 Å². The van der Waals surface area contributed by atoms with E-state index in [4.69, 9.17) is 0 Å². The van der Waals surface area contributed by atoms with Crippen molar-refractivity contribution < 1.29 is 0 Å². The van der Waals surface area contributed by atoms with Gasteiger partial charge in [0.1, 0.15) is 0 Å². The summed E-state index contributed by atoms with van der Waals surface area (Å²) in [6.07, 6.45) is 5.72. The van der Waals surface area contributed by atoms with E-state index in [0.29, 0.717) is 0 Å².